The standard InChI is InChI=1S/C12H22N2O3/c1-11(2,3)8-7-14(10(17)13-8)12(4,5)6-9(15)16/h8H,6-7H2,1-5H3,(H,13,17)(H,15,16). The number of urea groups is 1. The van der Waals surface area contributed by atoms with Gasteiger partial charge in [-0.25, -0.2) is 4.79 Å². The number of rotatable bonds is 3. The Bertz CT molecular complexity index is 331. The molecular formula is C12H22N2O3. The Kier molecular flexibility index (Phi) is 3.41. The van der Waals surface area contributed by atoms with E-state index >= 15 is 0 Å². The van der Waals surface area contributed by atoms with Gasteiger partial charge in [-0.2, -0.15) is 0 Å². The summed E-state index contributed by atoms with van der Waals surface area (Å²) in [6.07, 6.45) is -0.0444. The first kappa shape index (κ1) is 13.8. The molecule has 0 aromatic heterocycles. The minimum atomic E-state index is -0.887. The number of amides is 2. The van der Waals surface area contributed by atoms with Crippen molar-refractivity contribution in [3.05, 3.63) is 0 Å². The molecule has 5 heteroatoms. The summed E-state index contributed by atoms with van der Waals surface area (Å²) >= 11 is 0. The van der Waals surface area contributed by atoms with Crippen LogP contribution in [0.4, 0.5) is 4.79 Å². The highest BCUT2D eigenvalue weighted by Crippen LogP contribution is 2.29. The summed E-state index contributed by atoms with van der Waals surface area (Å²) in [5.74, 6) is -0.887. The Labute approximate surface area is 102 Å². The van der Waals surface area contributed by atoms with E-state index < -0.39 is 11.5 Å². The highest BCUT2D eigenvalue weighted by atomic mass is 16.4. The van der Waals surface area contributed by atoms with Crippen LogP contribution in [0.5, 0.6) is 0 Å². The molecule has 0 radical (unpaired) electrons. The minimum absolute atomic E-state index is 0.0241. The number of carboxylic acids is 1. The Morgan fingerprint density at radius 3 is 2.29 bits per heavy atom. The molecule has 5 nitrogen and oxygen atoms in total. The van der Waals surface area contributed by atoms with Crippen LogP contribution in [-0.2, 0) is 4.79 Å². The summed E-state index contributed by atoms with van der Waals surface area (Å²) in [6.45, 7) is 10.3. The van der Waals surface area contributed by atoms with Crippen molar-refractivity contribution >= 4 is 12.0 Å². The van der Waals surface area contributed by atoms with Crippen molar-refractivity contribution in [2.45, 2.75) is 52.6 Å². The van der Waals surface area contributed by atoms with Crippen LogP contribution < -0.4 is 5.32 Å². The Hall–Kier alpha value is -1.26. The quantitative estimate of drug-likeness (QED) is 0.791. The predicted molar refractivity (Wildman–Crippen MR) is 64.8 cm³/mol. The topological polar surface area (TPSA) is 69.6 Å². The molecule has 1 saturated heterocycles. The summed E-state index contributed by atoms with van der Waals surface area (Å²) in [5.41, 5.74) is -0.681. The lowest BCUT2D eigenvalue weighted by atomic mass is 9.86. The molecule has 2 amide bonds. The van der Waals surface area contributed by atoms with Gasteiger partial charge in [-0.1, -0.05) is 20.8 Å². The van der Waals surface area contributed by atoms with Gasteiger partial charge in [0.15, 0.2) is 0 Å². The van der Waals surface area contributed by atoms with Gasteiger partial charge in [0.25, 0.3) is 0 Å². The molecule has 0 aromatic rings. The van der Waals surface area contributed by atoms with Crippen molar-refractivity contribution in [1.82, 2.24) is 10.2 Å². The van der Waals surface area contributed by atoms with E-state index in [-0.39, 0.29) is 23.9 Å². The number of carbonyl (C=O) groups excluding carboxylic acids is 1. The second-order valence-corrected chi connectivity index (χ2v) is 6.36. The molecule has 2 N–H and O–H groups in total. The maximum absolute atomic E-state index is 11.9. The summed E-state index contributed by atoms with van der Waals surface area (Å²) in [4.78, 5) is 24.3. The van der Waals surface area contributed by atoms with Crippen LogP contribution in [0.2, 0.25) is 0 Å². The van der Waals surface area contributed by atoms with Crippen LogP contribution in [0.1, 0.15) is 41.0 Å². The van der Waals surface area contributed by atoms with E-state index in [4.69, 9.17) is 5.11 Å². The van der Waals surface area contributed by atoms with Crippen molar-refractivity contribution in [3.8, 4) is 0 Å². The number of hydrogen-bond acceptors (Lipinski definition) is 2. The van der Waals surface area contributed by atoms with E-state index in [0.717, 1.165) is 0 Å². The minimum Gasteiger partial charge on any atom is -0.481 e. The van der Waals surface area contributed by atoms with Crippen LogP contribution in [0.3, 0.4) is 0 Å². The highest BCUT2D eigenvalue weighted by molar-refractivity contribution is 5.79. The van der Waals surface area contributed by atoms with E-state index in [1.165, 1.54) is 0 Å². The molecule has 1 unspecified atom stereocenters. The molecule has 0 bridgehead atoms. The van der Waals surface area contributed by atoms with Crippen LogP contribution in [0, 0.1) is 5.41 Å². The molecule has 0 aliphatic carbocycles. The fourth-order valence-corrected chi connectivity index (χ4v) is 2.02. The molecule has 98 valence electrons. The van der Waals surface area contributed by atoms with Crippen molar-refractivity contribution < 1.29 is 14.7 Å². The third kappa shape index (κ3) is 3.11. The number of nitrogens with one attached hydrogen (secondary N) is 1. The molecule has 1 aliphatic rings. The lowest BCUT2D eigenvalue weighted by Crippen LogP contribution is -2.47. The first-order valence-corrected chi connectivity index (χ1v) is 5.84. The van der Waals surface area contributed by atoms with Crippen LogP contribution in [0.25, 0.3) is 0 Å². The van der Waals surface area contributed by atoms with Crippen molar-refractivity contribution in [1.29, 1.82) is 0 Å². The Morgan fingerprint density at radius 2 is 1.94 bits per heavy atom. The molecule has 0 saturated carbocycles. The van der Waals surface area contributed by atoms with Crippen LogP contribution >= 0.6 is 0 Å². The number of nitrogens with zero attached hydrogens (tertiary/aromatic N) is 1. The second-order valence-electron chi connectivity index (χ2n) is 6.36. The SMILES string of the molecule is CC(C)(C)C1CN(C(C)(C)CC(=O)O)C(=O)N1. The van der Waals surface area contributed by atoms with E-state index in [1.54, 1.807) is 18.7 Å². The van der Waals surface area contributed by atoms with E-state index in [9.17, 15) is 9.59 Å². The first-order valence-electron chi connectivity index (χ1n) is 5.84. The van der Waals surface area contributed by atoms with Gasteiger partial charge in [-0.15, -0.1) is 0 Å². The van der Waals surface area contributed by atoms with Crippen LogP contribution in [0.15, 0.2) is 0 Å². The number of carbonyl (C=O) groups is 2. The number of aliphatic carboxylic acids is 1. The third-order valence-corrected chi connectivity index (χ3v) is 3.27. The van der Waals surface area contributed by atoms with Crippen molar-refractivity contribution in [3.63, 3.8) is 0 Å². The van der Waals surface area contributed by atoms with Crippen molar-refractivity contribution in [2.75, 3.05) is 6.54 Å². The summed E-state index contributed by atoms with van der Waals surface area (Å²) < 4.78 is 0. The van der Waals surface area contributed by atoms with Gasteiger partial charge < -0.3 is 15.3 Å². The molecule has 17 heavy (non-hydrogen) atoms. The molecule has 1 aliphatic heterocycles. The Morgan fingerprint density at radius 1 is 1.41 bits per heavy atom. The molecule has 1 rings (SSSR count). The molecular weight excluding hydrogens is 220 g/mol. The van der Waals surface area contributed by atoms with Gasteiger partial charge in [-0.3, -0.25) is 4.79 Å². The number of hydrogen-bond donors (Lipinski definition) is 2. The maximum Gasteiger partial charge on any atom is 0.318 e. The van der Waals surface area contributed by atoms with Gasteiger partial charge in [0, 0.05) is 12.1 Å². The average Bonchev–Trinajstić information content (AvgIpc) is 2.44. The summed E-state index contributed by atoms with van der Waals surface area (Å²) in [6, 6.07) is -0.112. The van der Waals surface area contributed by atoms with E-state index in [0.29, 0.717) is 6.54 Å². The highest BCUT2D eigenvalue weighted by Gasteiger charge is 2.43. The lowest BCUT2D eigenvalue weighted by molar-refractivity contribution is -0.139. The zero-order valence-electron chi connectivity index (χ0n) is 11.2. The smallest absolute Gasteiger partial charge is 0.318 e. The molecule has 0 spiro atoms. The predicted octanol–water partition coefficient (Wildman–Crippen LogP) is 1.68. The van der Waals surface area contributed by atoms with Gasteiger partial charge in [0.2, 0.25) is 0 Å². The first-order chi connectivity index (χ1) is 7.54. The normalized spacial score (nSPS) is 21.6. The molecule has 1 atom stereocenters. The Balaban J connectivity index is 2.80. The summed E-state index contributed by atoms with van der Waals surface area (Å²) in [7, 11) is 0. The fraction of sp³-hybridized carbons (Fsp3) is 0.833. The molecule has 0 aromatic carbocycles. The fourth-order valence-electron chi connectivity index (χ4n) is 2.02. The largest absolute Gasteiger partial charge is 0.481 e. The van der Waals surface area contributed by atoms with Gasteiger partial charge in [0.1, 0.15) is 0 Å². The van der Waals surface area contributed by atoms with Crippen molar-refractivity contribution in [2.24, 2.45) is 5.41 Å². The zero-order chi connectivity index (χ0) is 13.4. The average molecular weight is 242 g/mol. The van der Waals surface area contributed by atoms with E-state index in [1.807, 2.05) is 0 Å². The van der Waals surface area contributed by atoms with Crippen LogP contribution in [-0.4, -0.2) is 40.1 Å². The maximum atomic E-state index is 11.9. The van der Waals surface area contributed by atoms with Gasteiger partial charge in [-0.05, 0) is 19.3 Å². The monoisotopic (exact) mass is 242 g/mol. The van der Waals surface area contributed by atoms with E-state index in [2.05, 4.69) is 26.1 Å². The summed E-state index contributed by atoms with van der Waals surface area (Å²) in [5, 5.41) is 11.8. The number of carboxylic acid groups (broad SMARTS) is 1. The molecule has 1 fully saturated rings. The molecule has 1 heterocycles. The lowest BCUT2D eigenvalue weighted by Gasteiger charge is -2.34. The van der Waals surface area contributed by atoms with Gasteiger partial charge >= 0.3 is 12.0 Å². The zero-order valence-corrected chi connectivity index (χ0v) is 11.2. The van der Waals surface area contributed by atoms with Gasteiger partial charge in [0.05, 0.1) is 12.5 Å². The second kappa shape index (κ2) is 4.20. The third-order valence-electron chi connectivity index (χ3n) is 3.27.